The topological polar surface area (TPSA) is 38.8 Å². The van der Waals surface area contributed by atoms with Crippen LogP contribution in [0.2, 0.25) is 5.04 Å². The first kappa shape index (κ1) is 24.4. The van der Waals surface area contributed by atoms with Crippen LogP contribution in [0.4, 0.5) is 0 Å². The van der Waals surface area contributed by atoms with Crippen molar-refractivity contribution < 1.29 is 14.1 Å². The van der Waals surface area contributed by atoms with Crippen LogP contribution >= 0.6 is 0 Å². The molecular formula is C29H35NO3Si. The van der Waals surface area contributed by atoms with Crippen LogP contribution < -0.4 is 10.4 Å². The molecule has 1 aliphatic rings. The Bertz CT molecular complexity index is 1060. The minimum absolute atomic E-state index is 0.0164. The van der Waals surface area contributed by atoms with E-state index < -0.39 is 13.7 Å². The second kappa shape index (κ2) is 9.49. The van der Waals surface area contributed by atoms with Gasteiger partial charge in [-0.2, -0.15) is 0 Å². The molecule has 0 aliphatic heterocycles. The summed E-state index contributed by atoms with van der Waals surface area (Å²) in [5.41, 5.74) is 0.414. The second-order valence-electron chi connectivity index (χ2n) is 10.2. The highest BCUT2D eigenvalue weighted by molar-refractivity contribution is 6.99. The van der Waals surface area contributed by atoms with Crippen LogP contribution in [-0.2, 0) is 19.5 Å². The fraction of sp³-hybridized carbons (Fsp3) is 0.345. The summed E-state index contributed by atoms with van der Waals surface area (Å²) >= 11 is 0. The number of likely N-dealkylation sites (N-methyl/N-ethyl adjacent to an activating group) is 1. The van der Waals surface area contributed by atoms with E-state index in [-0.39, 0.29) is 16.9 Å². The monoisotopic (exact) mass is 473 g/mol. The number of hydrogen-bond acceptors (Lipinski definition) is 3. The largest absolute Gasteiger partial charge is 0.407 e. The quantitative estimate of drug-likeness (QED) is 0.356. The van der Waals surface area contributed by atoms with E-state index in [1.54, 1.807) is 7.05 Å². The summed E-state index contributed by atoms with van der Waals surface area (Å²) in [7, 11) is 0.558. The molecule has 34 heavy (non-hydrogen) atoms. The maximum Gasteiger partial charge on any atom is 0.261 e. The van der Waals surface area contributed by atoms with Crippen molar-refractivity contribution in [3.8, 4) is 0 Å². The molecule has 1 aliphatic carbocycles. The minimum atomic E-state index is -2.66. The molecule has 0 heterocycles. The number of amides is 1. The highest BCUT2D eigenvalue weighted by atomic mass is 28.4. The molecule has 1 saturated carbocycles. The van der Waals surface area contributed by atoms with Crippen molar-refractivity contribution in [2.24, 2.45) is 5.92 Å². The van der Waals surface area contributed by atoms with Crippen LogP contribution in [0.15, 0.2) is 91.0 Å². The molecule has 1 fully saturated rings. The lowest BCUT2D eigenvalue weighted by molar-refractivity contribution is -0.172. The summed E-state index contributed by atoms with van der Waals surface area (Å²) in [6.07, 6.45) is 0.752. The molecule has 1 amide bonds. The normalized spacial score (nSPS) is 20.1. The molecule has 3 aromatic carbocycles. The van der Waals surface area contributed by atoms with E-state index in [4.69, 9.17) is 9.26 Å². The molecule has 0 radical (unpaired) electrons. The summed E-state index contributed by atoms with van der Waals surface area (Å²) in [5, 5.41) is 3.75. The molecule has 0 N–H and O–H groups in total. The van der Waals surface area contributed by atoms with Crippen LogP contribution in [0.25, 0.3) is 0 Å². The predicted octanol–water partition coefficient (Wildman–Crippen LogP) is 4.54. The van der Waals surface area contributed by atoms with Crippen LogP contribution in [0.1, 0.15) is 32.8 Å². The summed E-state index contributed by atoms with van der Waals surface area (Å²) in [6, 6.07) is 31.4. The van der Waals surface area contributed by atoms with Crippen molar-refractivity contribution in [3.05, 3.63) is 96.6 Å². The Kier molecular flexibility index (Phi) is 6.81. The van der Waals surface area contributed by atoms with Crippen LogP contribution in [0.3, 0.4) is 0 Å². The average molecular weight is 474 g/mol. The molecule has 0 unspecified atom stereocenters. The van der Waals surface area contributed by atoms with Crippen molar-refractivity contribution in [2.45, 2.75) is 37.6 Å². The maximum absolute atomic E-state index is 13.5. The Morgan fingerprint density at radius 3 is 1.82 bits per heavy atom. The lowest BCUT2D eigenvalue weighted by Gasteiger charge is -2.43. The lowest BCUT2D eigenvalue weighted by atomic mass is 9.92. The van der Waals surface area contributed by atoms with Gasteiger partial charge in [-0.1, -0.05) is 112 Å². The van der Waals surface area contributed by atoms with E-state index in [2.05, 4.69) is 81.4 Å². The number of hydroxylamine groups is 2. The highest BCUT2D eigenvalue weighted by Gasteiger charge is 2.63. The minimum Gasteiger partial charge on any atom is -0.407 e. The van der Waals surface area contributed by atoms with E-state index in [9.17, 15) is 4.79 Å². The van der Waals surface area contributed by atoms with Crippen LogP contribution in [-0.4, -0.2) is 40.1 Å². The van der Waals surface area contributed by atoms with Gasteiger partial charge in [0.2, 0.25) is 0 Å². The Balaban J connectivity index is 1.73. The van der Waals surface area contributed by atoms with Gasteiger partial charge in [-0.25, -0.2) is 5.06 Å². The zero-order valence-corrected chi connectivity index (χ0v) is 21.8. The van der Waals surface area contributed by atoms with E-state index in [1.165, 1.54) is 22.5 Å². The van der Waals surface area contributed by atoms with E-state index >= 15 is 0 Å². The first-order valence-electron chi connectivity index (χ1n) is 11.9. The van der Waals surface area contributed by atoms with Crippen molar-refractivity contribution >= 4 is 24.6 Å². The second-order valence-corrected chi connectivity index (χ2v) is 14.5. The number of hydrogen-bond donors (Lipinski definition) is 0. The highest BCUT2D eigenvalue weighted by Crippen LogP contribution is 2.56. The molecule has 2 atom stereocenters. The summed E-state index contributed by atoms with van der Waals surface area (Å²) in [6.45, 7) is 7.35. The smallest absolute Gasteiger partial charge is 0.261 e. The van der Waals surface area contributed by atoms with Crippen molar-refractivity contribution in [2.75, 3.05) is 20.8 Å². The summed E-state index contributed by atoms with van der Waals surface area (Å²) < 4.78 is 7.16. The van der Waals surface area contributed by atoms with Crippen LogP contribution in [0, 0.1) is 5.92 Å². The van der Waals surface area contributed by atoms with Crippen molar-refractivity contribution in [1.82, 2.24) is 5.06 Å². The summed E-state index contributed by atoms with van der Waals surface area (Å²) in [5.74, 6) is 0.0684. The zero-order chi connectivity index (χ0) is 24.4. The lowest BCUT2D eigenvalue weighted by Crippen LogP contribution is -2.66. The molecule has 0 aromatic heterocycles. The molecule has 178 valence electrons. The fourth-order valence-electron chi connectivity index (χ4n) is 5.36. The van der Waals surface area contributed by atoms with Gasteiger partial charge in [-0.3, -0.25) is 9.63 Å². The Labute approximate surface area is 204 Å². The number of carbonyl (C=O) groups is 1. The van der Waals surface area contributed by atoms with Crippen LogP contribution in [0.5, 0.6) is 0 Å². The van der Waals surface area contributed by atoms with Gasteiger partial charge in [0.1, 0.15) is 0 Å². The van der Waals surface area contributed by atoms with Gasteiger partial charge in [-0.15, -0.1) is 0 Å². The molecule has 4 rings (SSSR count). The van der Waals surface area contributed by atoms with E-state index in [0.717, 1.165) is 12.0 Å². The van der Waals surface area contributed by atoms with Crippen molar-refractivity contribution in [3.63, 3.8) is 0 Å². The van der Waals surface area contributed by atoms with Gasteiger partial charge in [-0.05, 0) is 27.4 Å². The molecule has 0 spiro atoms. The molecule has 5 heteroatoms. The molecule has 0 bridgehead atoms. The van der Waals surface area contributed by atoms with Crippen molar-refractivity contribution in [1.29, 1.82) is 0 Å². The summed E-state index contributed by atoms with van der Waals surface area (Å²) in [4.78, 5) is 18.8. The first-order chi connectivity index (χ1) is 16.3. The average Bonchev–Trinajstić information content (AvgIpc) is 3.60. The third kappa shape index (κ3) is 4.13. The van der Waals surface area contributed by atoms with Gasteiger partial charge in [0, 0.05) is 19.6 Å². The predicted molar refractivity (Wildman–Crippen MR) is 140 cm³/mol. The third-order valence-corrected chi connectivity index (χ3v) is 12.3. The molecule has 4 nitrogen and oxygen atoms in total. The standard InChI is InChI=1S/C29H35NO3Si/c1-28(2,3)34(25-17-11-7-12-18-25,26-19-13-8-14-20-26)33-22-24-21-29(24,27(31)30(4)32-5)23-15-9-6-10-16-23/h6-20,24H,21-22H2,1-5H3/t24-,29+/m1/s1. The first-order valence-corrected chi connectivity index (χ1v) is 13.8. The van der Waals surface area contributed by atoms with Gasteiger partial charge < -0.3 is 4.43 Å². The Hall–Kier alpha value is -2.73. The van der Waals surface area contributed by atoms with E-state index in [1.807, 2.05) is 30.3 Å². The number of carbonyl (C=O) groups excluding carboxylic acids is 1. The van der Waals surface area contributed by atoms with Gasteiger partial charge in [0.15, 0.2) is 0 Å². The Morgan fingerprint density at radius 1 is 0.912 bits per heavy atom. The third-order valence-electron chi connectivity index (χ3n) is 7.25. The zero-order valence-electron chi connectivity index (χ0n) is 20.8. The number of nitrogens with zero attached hydrogens (tertiary/aromatic N) is 1. The SMILES string of the molecule is CON(C)C(=O)[C@]1(c2ccccc2)C[C@@H]1CO[Si](c1ccccc1)(c1ccccc1)C(C)(C)C. The fourth-order valence-corrected chi connectivity index (χ4v) is 9.96. The van der Waals surface area contributed by atoms with Gasteiger partial charge in [0.05, 0.1) is 12.5 Å². The number of rotatable bonds is 8. The van der Waals surface area contributed by atoms with Gasteiger partial charge in [0.25, 0.3) is 14.2 Å². The molecule has 3 aromatic rings. The number of benzene rings is 3. The maximum atomic E-state index is 13.5. The Morgan fingerprint density at radius 2 is 1.38 bits per heavy atom. The van der Waals surface area contributed by atoms with E-state index in [0.29, 0.717) is 6.61 Å². The molecular weight excluding hydrogens is 438 g/mol. The molecule has 0 saturated heterocycles. The van der Waals surface area contributed by atoms with Gasteiger partial charge >= 0.3 is 0 Å².